The molecule has 4 rings (SSSR count). The summed E-state index contributed by atoms with van der Waals surface area (Å²) >= 11 is 0. The van der Waals surface area contributed by atoms with Gasteiger partial charge < -0.3 is 14.0 Å². The Labute approximate surface area is 148 Å². The Hall–Kier alpha value is -1.76. The molecule has 6 heteroatoms. The van der Waals surface area contributed by atoms with Crippen molar-refractivity contribution in [1.82, 2.24) is 15.0 Å². The molecule has 1 saturated carbocycles. The highest BCUT2D eigenvalue weighted by Gasteiger charge is 2.43. The van der Waals surface area contributed by atoms with Crippen molar-refractivity contribution in [2.45, 2.75) is 58.1 Å². The maximum atomic E-state index is 6.30. The summed E-state index contributed by atoms with van der Waals surface area (Å²) in [5.74, 6) is 0.907. The first kappa shape index (κ1) is 16.7. The van der Waals surface area contributed by atoms with Crippen molar-refractivity contribution >= 4 is 0 Å². The molecule has 0 amide bonds. The van der Waals surface area contributed by atoms with Gasteiger partial charge in [0.1, 0.15) is 5.76 Å². The average Bonchev–Trinajstić information content (AvgIpc) is 3.10. The van der Waals surface area contributed by atoms with E-state index in [1.807, 2.05) is 32.2 Å². The average molecular weight is 343 g/mol. The lowest BCUT2D eigenvalue weighted by Crippen LogP contribution is -2.42. The van der Waals surface area contributed by atoms with Gasteiger partial charge in [-0.25, -0.2) is 0 Å². The fourth-order valence-corrected chi connectivity index (χ4v) is 3.99. The van der Waals surface area contributed by atoms with Crippen LogP contribution >= 0.6 is 0 Å². The fraction of sp³-hybridized carbons (Fsp3) is 0.579. The number of fused-ring (bicyclic) bond motifs is 2. The minimum absolute atomic E-state index is 0.100. The predicted octanol–water partition coefficient (Wildman–Crippen LogP) is 2.64. The van der Waals surface area contributed by atoms with Crippen LogP contribution in [0.4, 0.5) is 0 Å². The summed E-state index contributed by atoms with van der Waals surface area (Å²) in [6.45, 7) is 7.07. The molecule has 0 N–H and O–H groups in total. The molecule has 1 aliphatic carbocycles. The number of pyridine rings is 1. The Bertz CT molecular complexity index is 684. The normalized spacial score (nSPS) is 26.7. The summed E-state index contributed by atoms with van der Waals surface area (Å²) in [5.41, 5.74) is 3.27. The molecular weight excluding hydrogens is 318 g/mol. The maximum absolute atomic E-state index is 6.30. The molecule has 0 aromatic carbocycles. The molecule has 6 nitrogen and oxygen atoms in total. The van der Waals surface area contributed by atoms with E-state index in [4.69, 9.17) is 14.0 Å². The third kappa shape index (κ3) is 3.47. The van der Waals surface area contributed by atoms with Gasteiger partial charge in [0.05, 0.1) is 31.1 Å². The first-order chi connectivity index (χ1) is 12.2. The second kappa shape index (κ2) is 7.23. The Morgan fingerprint density at radius 2 is 2.24 bits per heavy atom. The van der Waals surface area contributed by atoms with E-state index in [0.717, 1.165) is 49.6 Å². The first-order valence-corrected chi connectivity index (χ1v) is 9.00. The lowest BCUT2D eigenvalue weighted by Gasteiger charge is -2.31. The molecule has 134 valence electrons. The summed E-state index contributed by atoms with van der Waals surface area (Å²) in [5, 5.41) is 4.09. The summed E-state index contributed by atoms with van der Waals surface area (Å²) in [4.78, 5) is 6.65. The minimum Gasteiger partial charge on any atom is -0.374 e. The highest BCUT2D eigenvalue weighted by molar-refractivity contribution is 5.21. The molecule has 2 aromatic rings. The van der Waals surface area contributed by atoms with E-state index >= 15 is 0 Å². The highest BCUT2D eigenvalue weighted by atomic mass is 16.5. The van der Waals surface area contributed by atoms with Crippen molar-refractivity contribution in [3.8, 4) is 0 Å². The second-order valence-corrected chi connectivity index (χ2v) is 6.96. The topological polar surface area (TPSA) is 60.6 Å². The SMILES string of the molecule is Cc1noc(C)c1CN1CCO[C@H]2CC[C@H]1[C@@H]2OCc1cccnc1. The van der Waals surface area contributed by atoms with Gasteiger partial charge in [-0.05, 0) is 38.3 Å². The van der Waals surface area contributed by atoms with E-state index in [-0.39, 0.29) is 12.2 Å². The van der Waals surface area contributed by atoms with Crippen LogP contribution in [0.15, 0.2) is 29.0 Å². The number of ether oxygens (including phenoxy) is 2. The number of aryl methyl sites for hydroxylation is 2. The van der Waals surface area contributed by atoms with Crippen molar-refractivity contribution in [2.24, 2.45) is 0 Å². The van der Waals surface area contributed by atoms with Gasteiger partial charge in [-0.2, -0.15) is 0 Å². The Kier molecular flexibility index (Phi) is 4.83. The van der Waals surface area contributed by atoms with E-state index in [2.05, 4.69) is 15.0 Å². The molecule has 0 radical (unpaired) electrons. The number of hydrogen-bond acceptors (Lipinski definition) is 6. The van der Waals surface area contributed by atoms with E-state index in [1.165, 1.54) is 5.56 Å². The van der Waals surface area contributed by atoms with Crippen molar-refractivity contribution in [1.29, 1.82) is 0 Å². The fourth-order valence-electron chi connectivity index (χ4n) is 3.99. The molecule has 0 unspecified atom stereocenters. The zero-order valence-electron chi connectivity index (χ0n) is 14.9. The second-order valence-electron chi connectivity index (χ2n) is 6.96. The van der Waals surface area contributed by atoms with Gasteiger partial charge in [-0.3, -0.25) is 9.88 Å². The molecule has 2 bridgehead atoms. The molecule has 2 fully saturated rings. The Balaban J connectivity index is 1.48. The number of nitrogens with zero attached hydrogens (tertiary/aromatic N) is 3. The van der Waals surface area contributed by atoms with Crippen LogP contribution in [0.5, 0.6) is 0 Å². The van der Waals surface area contributed by atoms with Crippen LogP contribution in [0, 0.1) is 13.8 Å². The standard InChI is InChI=1S/C19H25N3O3/c1-13-16(14(2)25-21-13)11-22-8-9-23-18-6-5-17(22)19(18)24-12-15-4-3-7-20-10-15/h3-4,7,10,17-19H,5-6,8-9,11-12H2,1-2H3/t17-,18-,19-/m0/s1. The summed E-state index contributed by atoms with van der Waals surface area (Å²) < 4.78 is 17.7. The predicted molar refractivity (Wildman–Crippen MR) is 92.0 cm³/mol. The monoisotopic (exact) mass is 343 g/mol. The van der Waals surface area contributed by atoms with Crippen molar-refractivity contribution in [3.63, 3.8) is 0 Å². The molecular formula is C19H25N3O3. The lowest BCUT2D eigenvalue weighted by atomic mass is 10.1. The van der Waals surface area contributed by atoms with Crippen LogP contribution < -0.4 is 0 Å². The summed E-state index contributed by atoms with van der Waals surface area (Å²) in [7, 11) is 0. The van der Waals surface area contributed by atoms with E-state index < -0.39 is 0 Å². The Morgan fingerprint density at radius 3 is 3.00 bits per heavy atom. The van der Waals surface area contributed by atoms with E-state index in [0.29, 0.717) is 12.6 Å². The van der Waals surface area contributed by atoms with Gasteiger partial charge in [-0.1, -0.05) is 11.2 Å². The van der Waals surface area contributed by atoms with Crippen molar-refractivity contribution in [2.75, 3.05) is 13.2 Å². The Morgan fingerprint density at radius 1 is 1.32 bits per heavy atom. The van der Waals surface area contributed by atoms with E-state index in [1.54, 1.807) is 6.20 Å². The van der Waals surface area contributed by atoms with Gasteiger partial charge in [0, 0.05) is 37.1 Å². The van der Waals surface area contributed by atoms with Gasteiger partial charge in [0.15, 0.2) is 0 Å². The highest BCUT2D eigenvalue weighted by Crippen LogP contribution is 2.34. The van der Waals surface area contributed by atoms with Gasteiger partial charge in [-0.15, -0.1) is 0 Å². The van der Waals surface area contributed by atoms with Crippen LogP contribution in [-0.4, -0.2) is 46.4 Å². The third-order valence-electron chi connectivity index (χ3n) is 5.38. The van der Waals surface area contributed by atoms with Crippen molar-refractivity contribution in [3.05, 3.63) is 47.1 Å². The van der Waals surface area contributed by atoms with Crippen molar-refractivity contribution < 1.29 is 14.0 Å². The van der Waals surface area contributed by atoms with Crippen LogP contribution in [0.2, 0.25) is 0 Å². The zero-order chi connectivity index (χ0) is 17.2. The molecule has 3 heterocycles. The summed E-state index contributed by atoms with van der Waals surface area (Å²) in [6.07, 6.45) is 6.10. The molecule has 1 saturated heterocycles. The molecule has 0 spiro atoms. The molecule has 3 atom stereocenters. The van der Waals surface area contributed by atoms with Crippen LogP contribution in [0.1, 0.15) is 35.4 Å². The molecule has 2 aliphatic rings. The largest absolute Gasteiger partial charge is 0.374 e. The molecule has 2 aromatic heterocycles. The number of rotatable bonds is 5. The van der Waals surface area contributed by atoms with Gasteiger partial charge in [0.2, 0.25) is 0 Å². The maximum Gasteiger partial charge on any atom is 0.138 e. The van der Waals surface area contributed by atoms with Crippen LogP contribution in [0.3, 0.4) is 0 Å². The van der Waals surface area contributed by atoms with Gasteiger partial charge in [0.25, 0.3) is 0 Å². The molecule has 25 heavy (non-hydrogen) atoms. The lowest BCUT2D eigenvalue weighted by molar-refractivity contribution is -0.0614. The number of aromatic nitrogens is 2. The van der Waals surface area contributed by atoms with Crippen LogP contribution in [-0.2, 0) is 22.6 Å². The minimum atomic E-state index is 0.100. The number of hydrogen-bond donors (Lipinski definition) is 0. The molecule has 1 aliphatic heterocycles. The van der Waals surface area contributed by atoms with E-state index in [9.17, 15) is 0 Å². The zero-order valence-corrected chi connectivity index (χ0v) is 14.9. The van der Waals surface area contributed by atoms with Crippen LogP contribution in [0.25, 0.3) is 0 Å². The van der Waals surface area contributed by atoms with Gasteiger partial charge >= 0.3 is 0 Å². The first-order valence-electron chi connectivity index (χ1n) is 9.00. The third-order valence-corrected chi connectivity index (χ3v) is 5.38. The quantitative estimate of drug-likeness (QED) is 0.832. The summed E-state index contributed by atoms with van der Waals surface area (Å²) in [6, 6.07) is 4.37. The smallest absolute Gasteiger partial charge is 0.138 e.